The van der Waals surface area contributed by atoms with Crippen LogP contribution in [-0.4, -0.2) is 119 Å². The lowest BCUT2D eigenvalue weighted by molar-refractivity contribution is 0.00578. The Morgan fingerprint density at radius 3 is 1.15 bits per heavy atom. The molecule has 3 saturated carbocycles. The van der Waals surface area contributed by atoms with Gasteiger partial charge in [0, 0.05) is 29.7 Å². The normalized spacial score (nSPS) is 21.1. The number of amides is 3. The van der Waals surface area contributed by atoms with Crippen molar-refractivity contribution in [1.82, 2.24) is 59.6 Å². The van der Waals surface area contributed by atoms with E-state index in [-0.39, 0.29) is 63.4 Å². The third-order valence-corrected chi connectivity index (χ3v) is 20.6. The molecule has 28 heteroatoms. The highest BCUT2D eigenvalue weighted by molar-refractivity contribution is 6.54. The van der Waals surface area contributed by atoms with Crippen LogP contribution >= 0.6 is 11.6 Å². The van der Waals surface area contributed by atoms with Gasteiger partial charge in [-0.25, -0.2) is 29.9 Å². The molecule has 3 amide bonds. The van der Waals surface area contributed by atoms with Crippen molar-refractivity contribution in [2.45, 2.75) is 171 Å². The van der Waals surface area contributed by atoms with E-state index in [9.17, 15) is 28.8 Å². The molecule has 0 aromatic carbocycles. The predicted octanol–water partition coefficient (Wildman–Crippen LogP) is 9.45. The van der Waals surface area contributed by atoms with Crippen molar-refractivity contribution in [3.8, 4) is 0 Å². The molecule has 6 aromatic rings. The number of hydrogen-bond acceptors (Lipinski definition) is 20. The summed E-state index contributed by atoms with van der Waals surface area (Å²) in [5, 5.41) is 18.8. The molecule has 508 valence electrons. The van der Waals surface area contributed by atoms with Crippen molar-refractivity contribution in [2.24, 2.45) is 0 Å². The molecule has 7 aliphatic heterocycles. The summed E-state index contributed by atoms with van der Waals surface area (Å²) in [5.41, 5.74) is 4.12. The quantitative estimate of drug-likeness (QED) is 0.0734. The molecule has 4 fully saturated rings. The van der Waals surface area contributed by atoms with Crippen LogP contribution in [-0.2, 0) is 40.5 Å². The first kappa shape index (κ1) is 66.9. The number of ether oxygens (including phenoxy) is 3. The molecule has 0 bridgehead atoms. The van der Waals surface area contributed by atoms with Crippen LogP contribution in [0.1, 0.15) is 186 Å². The topological polar surface area (TPSA) is 313 Å². The van der Waals surface area contributed by atoms with Crippen LogP contribution in [0.15, 0.2) is 112 Å². The standard InChI is InChI=1S/2C21H23N5O3.C16H16ClN5O2.C11H19BO3/c2*27-19-18-15(14-5-10-29-11-6-14)12-16(24-17-4-9-22-13-23-17)20(28)26(18)21(25-19)7-2-1-3-8-21;17-10-8-11(20-12-4-7-18-9-19-12)15(24)22-13(10)14(23)21-16(22)5-2-1-3-6-16;1-10(2)11(3,4)15-12(14-10)9-5-7-13-8-6-9/h2*4-5,9,12-13H,1-3,6-8,10-11H2,(H,25,27)(H,22,23,24);4,7-9H,1-3,5-6H2,(H,21,23)(H,18,19,20);5H,6-8H2,1-4H3. The second-order valence-corrected chi connectivity index (χ2v) is 27.3. The summed E-state index contributed by atoms with van der Waals surface area (Å²) < 4.78 is 33.1. The maximum absolute atomic E-state index is 13.5. The SMILES string of the molecule is CC1(C)OB(C2=CCOCC2)OC1(C)C.O=C1NC2(CCCCC2)n2c1c(C1=CCOCC1)cc(Nc1ccncn1)c2=O.O=C1NC2(CCCCC2)n2c1c(C1=CCOCC1)cc(Nc1ccncn1)c2=O.O=C1NC2(CCCCC2)n2c1c(Cl)cc(Nc1ccncn1)c2=O. The van der Waals surface area contributed by atoms with Crippen molar-refractivity contribution in [2.75, 3.05) is 55.6 Å². The number of nitrogens with zero attached hydrogens (tertiary/aromatic N) is 9. The highest BCUT2D eigenvalue weighted by Gasteiger charge is 2.53. The second kappa shape index (κ2) is 28.0. The van der Waals surface area contributed by atoms with E-state index in [0.29, 0.717) is 91.8 Å². The van der Waals surface area contributed by atoms with Crippen LogP contribution in [0.5, 0.6) is 0 Å². The molecule has 26 nitrogen and oxygen atoms in total. The molecule has 16 rings (SSSR count). The van der Waals surface area contributed by atoms with Gasteiger partial charge in [0.15, 0.2) is 0 Å². The van der Waals surface area contributed by atoms with E-state index >= 15 is 0 Å². The van der Waals surface area contributed by atoms with Gasteiger partial charge < -0.3 is 55.4 Å². The van der Waals surface area contributed by atoms with Crippen molar-refractivity contribution in [3.63, 3.8) is 0 Å². The van der Waals surface area contributed by atoms with E-state index < -0.39 is 17.0 Å². The number of nitrogens with one attached hydrogen (secondary N) is 6. The molecule has 13 heterocycles. The number of pyridine rings is 3. The number of rotatable bonds is 9. The minimum absolute atomic E-state index is 0.167. The number of halogens is 1. The Hall–Kier alpha value is -8.73. The first-order valence-corrected chi connectivity index (χ1v) is 34.1. The lowest BCUT2D eigenvalue weighted by atomic mass is 9.75. The third kappa shape index (κ3) is 13.4. The van der Waals surface area contributed by atoms with Crippen LogP contribution in [0.2, 0.25) is 5.02 Å². The first-order chi connectivity index (χ1) is 46.9. The second-order valence-electron chi connectivity index (χ2n) is 26.9. The van der Waals surface area contributed by atoms with E-state index in [1.165, 1.54) is 30.5 Å². The maximum Gasteiger partial charge on any atom is 0.490 e. The Morgan fingerprint density at radius 1 is 0.464 bits per heavy atom. The number of hydrogen-bond donors (Lipinski definition) is 6. The lowest BCUT2D eigenvalue weighted by Gasteiger charge is -2.35. The van der Waals surface area contributed by atoms with Crippen molar-refractivity contribution < 1.29 is 37.9 Å². The number of carbonyl (C=O) groups is 3. The molecule has 1 saturated heterocycles. The van der Waals surface area contributed by atoms with Crippen LogP contribution in [0.4, 0.5) is 34.5 Å². The minimum atomic E-state index is -0.658. The van der Waals surface area contributed by atoms with Crippen LogP contribution < -0.4 is 48.6 Å². The smallest absolute Gasteiger partial charge is 0.400 e. The van der Waals surface area contributed by atoms with Gasteiger partial charge in [-0.2, -0.15) is 0 Å². The maximum atomic E-state index is 13.5. The molecule has 10 aliphatic rings. The number of fused-ring (bicyclic) bond motifs is 6. The van der Waals surface area contributed by atoms with E-state index in [4.69, 9.17) is 35.1 Å². The fourth-order valence-corrected chi connectivity index (χ4v) is 15.0. The fraction of sp³-hybridized carbons (Fsp3) is 0.478. The molecule has 6 N–H and O–H groups in total. The van der Waals surface area contributed by atoms with Crippen molar-refractivity contribution >= 4 is 82.1 Å². The van der Waals surface area contributed by atoms with Gasteiger partial charge in [-0.1, -0.05) is 49.1 Å². The Bertz CT molecular complexity index is 4070. The monoisotopic (exact) mass is 1340 g/mol. The number of anilines is 6. The summed E-state index contributed by atoms with van der Waals surface area (Å²) in [7, 11) is -0.182. The van der Waals surface area contributed by atoms with Gasteiger partial charge in [0.2, 0.25) is 0 Å². The summed E-state index contributed by atoms with van der Waals surface area (Å²) >= 11 is 6.32. The molecular weight excluding hydrogens is 1260 g/mol. The average molecular weight is 1340 g/mol. The Labute approximate surface area is 566 Å². The Morgan fingerprint density at radius 2 is 0.814 bits per heavy atom. The van der Waals surface area contributed by atoms with Crippen LogP contribution in [0, 0.1) is 0 Å². The molecule has 6 aromatic heterocycles. The molecule has 3 aliphatic carbocycles. The number of carbonyl (C=O) groups excluding carboxylic acids is 3. The van der Waals surface area contributed by atoms with E-state index in [1.54, 1.807) is 62.6 Å². The molecular formula is C69H81BClN15O11. The van der Waals surface area contributed by atoms with Gasteiger partial charge in [0.05, 0.1) is 55.9 Å². The first-order valence-electron chi connectivity index (χ1n) is 33.7. The highest BCUT2D eigenvalue weighted by Crippen LogP contribution is 2.44. The summed E-state index contributed by atoms with van der Waals surface area (Å²) in [6, 6.07) is 10.1. The fourth-order valence-electron chi connectivity index (χ4n) is 14.7. The Kier molecular flexibility index (Phi) is 19.3. The minimum Gasteiger partial charge on any atom is -0.400 e. The van der Waals surface area contributed by atoms with Gasteiger partial charge >= 0.3 is 7.12 Å². The van der Waals surface area contributed by atoms with E-state index in [2.05, 4.69) is 95.6 Å². The lowest BCUT2D eigenvalue weighted by Crippen LogP contribution is -2.48. The van der Waals surface area contributed by atoms with Gasteiger partial charge in [-0.3, -0.25) is 42.5 Å². The molecule has 3 spiro atoms. The van der Waals surface area contributed by atoms with Gasteiger partial charge in [0.1, 0.15) is 87.6 Å². The molecule has 97 heavy (non-hydrogen) atoms. The largest absolute Gasteiger partial charge is 0.490 e. The molecule has 0 atom stereocenters. The number of aromatic nitrogens is 9. The van der Waals surface area contributed by atoms with Crippen molar-refractivity contribution in [3.05, 3.63) is 162 Å². The summed E-state index contributed by atoms with van der Waals surface area (Å²) in [4.78, 5) is 103. The zero-order valence-electron chi connectivity index (χ0n) is 55.1. The predicted molar refractivity (Wildman–Crippen MR) is 365 cm³/mol. The van der Waals surface area contributed by atoms with E-state index in [1.807, 2.05) is 12.2 Å². The van der Waals surface area contributed by atoms with Gasteiger partial charge in [-0.05, 0) is 177 Å². The molecule has 0 radical (unpaired) electrons. The van der Waals surface area contributed by atoms with Crippen molar-refractivity contribution in [1.29, 1.82) is 0 Å². The Balaban J connectivity index is 0.000000120. The van der Waals surface area contributed by atoms with E-state index in [0.717, 1.165) is 132 Å². The average Bonchev–Trinajstić information content (AvgIpc) is 1.61. The highest BCUT2D eigenvalue weighted by atomic mass is 35.5. The van der Waals surface area contributed by atoms with Crippen LogP contribution in [0.3, 0.4) is 0 Å². The zero-order valence-corrected chi connectivity index (χ0v) is 55.9. The van der Waals surface area contributed by atoms with Crippen LogP contribution in [0.25, 0.3) is 11.1 Å². The van der Waals surface area contributed by atoms with Gasteiger partial charge in [-0.15, -0.1) is 0 Å². The third-order valence-electron chi connectivity index (χ3n) is 20.3. The summed E-state index contributed by atoms with van der Waals surface area (Å²) in [5.74, 6) is 0.959. The van der Waals surface area contributed by atoms with Gasteiger partial charge in [0.25, 0.3) is 34.4 Å². The zero-order chi connectivity index (χ0) is 67.5. The summed E-state index contributed by atoms with van der Waals surface area (Å²) in [6.07, 6.45) is 31.2. The molecule has 0 unspecified atom stereocenters. The summed E-state index contributed by atoms with van der Waals surface area (Å²) in [6.45, 7) is 12.0.